The van der Waals surface area contributed by atoms with E-state index in [2.05, 4.69) is 14.4 Å². The zero-order valence-corrected chi connectivity index (χ0v) is 15.5. The summed E-state index contributed by atoms with van der Waals surface area (Å²) >= 11 is 12.1. The van der Waals surface area contributed by atoms with Crippen molar-refractivity contribution >= 4 is 55.8 Å². The van der Waals surface area contributed by atoms with Gasteiger partial charge in [0.05, 0.1) is 33.9 Å². The fourth-order valence-corrected chi connectivity index (χ4v) is 4.11. The number of benzene rings is 2. The third-order valence-electron chi connectivity index (χ3n) is 3.62. The van der Waals surface area contributed by atoms with Gasteiger partial charge in [-0.1, -0.05) is 23.2 Å². The monoisotopic (exact) mass is 416 g/mol. The summed E-state index contributed by atoms with van der Waals surface area (Å²) in [5, 5.41) is 1.09. The van der Waals surface area contributed by atoms with Crippen LogP contribution in [-0.2, 0) is 14.8 Å². The van der Waals surface area contributed by atoms with E-state index in [-0.39, 0.29) is 11.3 Å². The molecule has 1 heterocycles. The number of aromatic nitrogens is 1. The molecule has 0 unspecified atom stereocenters. The molecule has 3 aromatic rings. The molecule has 0 saturated carbocycles. The van der Waals surface area contributed by atoms with Crippen molar-refractivity contribution in [2.45, 2.75) is 4.90 Å². The molecule has 0 amide bonds. The molecule has 0 spiro atoms. The first-order chi connectivity index (χ1) is 12.2. The van der Waals surface area contributed by atoms with Gasteiger partial charge in [0, 0.05) is 11.6 Å². The minimum atomic E-state index is -4.27. The lowest BCUT2D eigenvalue weighted by molar-refractivity contribution is 0.0600. The van der Waals surface area contributed by atoms with Crippen LogP contribution in [0.25, 0.3) is 10.9 Å². The molecule has 0 saturated heterocycles. The van der Waals surface area contributed by atoms with Gasteiger partial charge < -0.3 is 9.72 Å². The minimum Gasteiger partial charge on any atom is -0.465 e. The maximum atomic E-state index is 14.3. The van der Waals surface area contributed by atoms with E-state index < -0.39 is 26.7 Å². The molecule has 26 heavy (non-hydrogen) atoms. The zero-order chi connectivity index (χ0) is 19.1. The zero-order valence-electron chi connectivity index (χ0n) is 13.1. The molecule has 0 radical (unpaired) electrons. The lowest BCUT2D eigenvalue weighted by Gasteiger charge is -2.11. The second-order valence-electron chi connectivity index (χ2n) is 5.22. The van der Waals surface area contributed by atoms with Gasteiger partial charge in [0.25, 0.3) is 10.0 Å². The molecule has 2 aromatic carbocycles. The number of H-pyrrole nitrogens is 1. The lowest BCUT2D eigenvalue weighted by atomic mass is 10.2. The van der Waals surface area contributed by atoms with Crippen LogP contribution in [-0.4, -0.2) is 26.5 Å². The Balaban J connectivity index is 2.03. The number of carbonyl (C=O) groups is 1. The van der Waals surface area contributed by atoms with Crippen molar-refractivity contribution in [2.75, 3.05) is 11.8 Å². The van der Waals surface area contributed by atoms with Gasteiger partial charge in [-0.3, -0.25) is 4.72 Å². The molecule has 0 fully saturated rings. The number of carbonyl (C=O) groups excluding carboxylic acids is 1. The van der Waals surface area contributed by atoms with Crippen LogP contribution in [0.5, 0.6) is 0 Å². The molecule has 6 nitrogen and oxygen atoms in total. The van der Waals surface area contributed by atoms with E-state index in [0.717, 1.165) is 25.3 Å². The summed E-state index contributed by atoms with van der Waals surface area (Å²) in [5.74, 6) is -1.86. The molecule has 0 aliphatic carbocycles. The summed E-state index contributed by atoms with van der Waals surface area (Å²) in [6.45, 7) is 0. The average Bonchev–Trinajstić information content (AvgIpc) is 2.99. The first-order valence-electron chi connectivity index (χ1n) is 7.10. The van der Waals surface area contributed by atoms with Crippen molar-refractivity contribution in [3.8, 4) is 0 Å². The number of nitrogens with one attached hydrogen (secondary N) is 2. The average molecular weight is 417 g/mol. The number of aromatic amines is 1. The minimum absolute atomic E-state index is 0.103. The highest BCUT2D eigenvalue weighted by atomic mass is 35.5. The number of methoxy groups -OCH3 is 1. The van der Waals surface area contributed by atoms with Gasteiger partial charge in [-0.05, 0) is 30.3 Å². The summed E-state index contributed by atoms with van der Waals surface area (Å²) in [4.78, 5) is 13.6. The number of esters is 1. The van der Waals surface area contributed by atoms with Crippen LogP contribution in [0.4, 0.5) is 10.1 Å². The Labute approximate surface area is 157 Å². The Bertz CT molecular complexity index is 1130. The number of sulfonamides is 1. The molecule has 0 aliphatic heterocycles. The normalized spacial score (nSPS) is 11.5. The third-order valence-corrected chi connectivity index (χ3v) is 5.64. The third kappa shape index (κ3) is 3.23. The van der Waals surface area contributed by atoms with Crippen molar-refractivity contribution in [2.24, 2.45) is 0 Å². The van der Waals surface area contributed by atoms with Gasteiger partial charge in [-0.25, -0.2) is 17.6 Å². The largest absolute Gasteiger partial charge is 0.465 e. The summed E-state index contributed by atoms with van der Waals surface area (Å²) in [6, 6.07) is 5.84. The fourth-order valence-electron chi connectivity index (χ4n) is 2.42. The van der Waals surface area contributed by atoms with Crippen molar-refractivity contribution in [3.05, 3.63) is 58.0 Å². The molecular weight excluding hydrogens is 406 g/mol. The number of anilines is 1. The van der Waals surface area contributed by atoms with Crippen molar-refractivity contribution in [1.29, 1.82) is 0 Å². The van der Waals surface area contributed by atoms with Crippen LogP contribution in [0.2, 0.25) is 10.0 Å². The Hall–Kier alpha value is -2.29. The van der Waals surface area contributed by atoms with Gasteiger partial charge in [0.15, 0.2) is 0 Å². The predicted octanol–water partition coefficient (Wildman–Crippen LogP) is 4.20. The first kappa shape index (κ1) is 18.5. The molecule has 0 bridgehead atoms. The van der Waals surface area contributed by atoms with Gasteiger partial charge in [0.1, 0.15) is 10.7 Å². The van der Waals surface area contributed by atoms with Crippen LogP contribution < -0.4 is 4.72 Å². The van der Waals surface area contributed by atoms with E-state index in [4.69, 9.17) is 23.2 Å². The van der Waals surface area contributed by atoms with Crippen LogP contribution in [0, 0.1) is 5.82 Å². The van der Waals surface area contributed by atoms with E-state index in [1.165, 1.54) is 18.3 Å². The molecule has 0 atom stereocenters. The Morgan fingerprint density at radius 1 is 1.19 bits per heavy atom. The Morgan fingerprint density at radius 3 is 2.58 bits per heavy atom. The molecule has 1 aromatic heterocycles. The van der Waals surface area contributed by atoms with Crippen molar-refractivity contribution < 1.29 is 22.3 Å². The molecule has 2 N–H and O–H groups in total. The highest BCUT2D eigenvalue weighted by Gasteiger charge is 2.22. The topological polar surface area (TPSA) is 88.3 Å². The Kier molecular flexibility index (Phi) is 4.83. The second kappa shape index (κ2) is 6.79. The van der Waals surface area contributed by atoms with Crippen LogP contribution >= 0.6 is 23.2 Å². The second-order valence-corrected chi connectivity index (χ2v) is 7.69. The van der Waals surface area contributed by atoms with Crippen LogP contribution in [0.1, 0.15) is 10.4 Å². The quantitative estimate of drug-likeness (QED) is 0.623. The lowest BCUT2D eigenvalue weighted by Crippen LogP contribution is -2.15. The van der Waals surface area contributed by atoms with Gasteiger partial charge in [-0.2, -0.15) is 0 Å². The van der Waals surface area contributed by atoms with E-state index in [1.807, 2.05) is 0 Å². The molecule has 3 rings (SSSR count). The summed E-state index contributed by atoms with van der Waals surface area (Å²) in [6.07, 6.45) is 1.46. The first-order valence-corrected chi connectivity index (χ1v) is 9.34. The predicted molar refractivity (Wildman–Crippen MR) is 96.9 cm³/mol. The standard InChI is InChI=1S/C16H11Cl2FN2O4S/c1-25-16(22)8-2-5-13(11(19)6-8)26(23,24)21-12-4-3-9(17)14-10(18)7-20-15(12)14/h2-7,20-21H,1H3. The van der Waals surface area contributed by atoms with E-state index in [1.54, 1.807) is 0 Å². The van der Waals surface area contributed by atoms with E-state index in [0.29, 0.717) is 20.9 Å². The summed E-state index contributed by atoms with van der Waals surface area (Å²) < 4.78 is 46.1. The Morgan fingerprint density at radius 2 is 1.92 bits per heavy atom. The van der Waals surface area contributed by atoms with Gasteiger partial charge in [-0.15, -0.1) is 0 Å². The number of halogens is 3. The van der Waals surface area contributed by atoms with Crippen molar-refractivity contribution in [1.82, 2.24) is 4.98 Å². The fraction of sp³-hybridized carbons (Fsp3) is 0.0625. The SMILES string of the molecule is COC(=O)c1ccc(S(=O)(=O)Nc2ccc(Cl)c3c(Cl)c[nH]c23)c(F)c1. The van der Waals surface area contributed by atoms with Gasteiger partial charge in [0.2, 0.25) is 0 Å². The van der Waals surface area contributed by atoms with Gasteiger partial charge >= 0.3 is 5.97 Å². The molecule has 0 aliphatic rings. The molecular formula is C16H11Cl2FN2O4S. The number of hydrogen-bond donors (Lipinski definition) is 2. The maximum absolute atomic E-state index is 14.3. The maximum Gasteiger partial charge on any atom is 0.337 e. The molecule has 136 valence electrons. The number of ether oxygens (including phenoxy) is 1. The smallest absolute Gasteiger partial charge is 0.337 e. The van der Waals surface area contributed by atoms with E-state index in [9.17, 15) is 17.6 Å². The van der Waals surface area contributed by atoms with Crippen LogP contribution in [0.3, 0.4) is 0 Å². The summed E-state index contributed by atoms with van der Waals surface area (Å²) in [5.41, 5.74) is 0.402. The molecule has 10 heteroatoms. The number of hydrogen-bond acceptors (Lipinski definition) is 4. The highest BCUT2D eigenvalue weighted by Crippen LogP contribution is 2.35. The number of fused-ring (bicyclic) bond motifs is 1. The highest BCUT2D eigenvalue weighted by molar-refractivity contribution is 7.92. The number of rotatable bonds is 4. The summed E-state index contributed by atoms with van der Waals surface area (Å²) in [7, 11) is -3.13. The van der Waals surface area contributed by atoms with Crippen LogP contribution in [0.15, 0.2) is 41.4 Å². The van der Waals surface area contributed by atoms with Crippen molar-refractivity contribution in [3.63, 3.8) is 0 Å². The van der Waals surface area contributed by atoms with E-state index >= 15 is 0 Å².